The molecular formula is C20H24N2O2. The van der Waals surface area contributed by atoms with Gasteiger partial charge in [0.15, 0.2) is 0 Å². The Hall–Kier alpha value is -2.33. The summed E-state index contributed by atoms with van der Waals surface area (Å²) < 4.78 is 5.89. The third-order valence-electron chi connectivity index (χ3n) is 4.49. The summed E-state index contributed by atoms with van der Waals surface area (Å²) in [6.07, 6.45) is 1.29. The molecule has 2 aromatic carbocycles. The molecule has 0 aromatic heterocycles. The topological polar surface area (TPSA) is 55.6 Å². The van der Waals surface area contributed by atoms with Crippen LogP contribution in [0, 0.1) is 6.92 Å². The second kappa shape index (κ2) is 7.49. The molecule has 0 aliphatic carbocycles. The molecule has 1 aliphatic heterocycles. The van der Waals surface area contributed by atoms with Gasteiger partial charge in [-0.3, -0.25) is 4.79 Å². The highest BCUT2D eigenvalue weighted by Gasteiger charge is 2.23. The van der Waals surface area contributed by atoms with Gasteiger partial charge in [0.2, 0.25) is 5.91 Å². The standard InChI is InChI=1S/C20H24N2O2/c1-15-5-2-3-7-17(15)14-24-19-8-4-6-16(11-19)12-20(23)22-10-9-18(21)13-22/h2-8,11,18H,9-10,12-14,21H2,1H3. The average molecular weight is 324 g/mol. The summed E-state index contributed by atoms with van der Waals surface area (Å²) in [7, 11) is 0. The summed E-state index contributed by atoms with van der Waals surface area (Å²) in [4.78, 5) is 14.2. The average Bonchev–Trinajstić information content (AvgIpc) is 3.01. The van der Waals surface area contributed by atoms with E-state index >= 15 is 0 Å². The van der Waals surface area contributed by atoms with E-state index in [2.05, 4.69) is 19.1 Å². The molecule has 2 N–H and O–H groups in total. The van der Waals surface area contributed by atoms with Crippen LogP contribution in [0.5, 0.6) is 5.75 Å². The van der Waals surface area contributed by atoms with Gasteiger partial charge in [-0.15, -0.1) is 0 Å². The molecule has 1 amide bonds. The van der Waals surface area contributed by atoms with Crippen LogP contribution in [0.3, 0.4) is 0 Å². The van der Waals surface area contributed by atoms with Gasteiger partial charge >= 0.3 is 0 Å². The lowest BCUT2D eigenvalue weighted by atomic mass is 10.1. The lowest BCUT2D eigenvalue weighted by Crippen LogP contribution is -2.32. The minimum Gasteiger partial charge on any atom is -0.489 e. The van der Waals surface area contributed by atoms with E-state index in [-0.39, 0.29) is 11.9 Å². The Kier molecular flexibility index (Phi) is 5.16. The molecule has 1 saturated heterocycles. The molecular weight excluding hydrogens is 300 g/mol. The van der Waals surface area contributed by atoms with E-state index in [0.717, 1.165) is 24.3 Å². The molecule has 24 heavy (non-hydrogen) atoms. The van der Waals surface area contributed by atoms with Gasteiger partial charge in [0, 0.05) is 19.1 Å². The lowest BCUT2D eigenvalue weighted by molar-refractivity contribution is -0.129. The van der Waals surface area contributed by atoms with Crippen molar-refractivity contribution >= 4 is 5.91 Å². The van der Waals surface area contributed by atoms with E-state index < -0.39 is 0 Å². The van der Waals surface area contributed by atoms with Crippen LogP contribution in [-0.4, -0.2) is 29.9 Å². The van der Waals surface area contributed by atoms with Crippen molar-refractivity contribution in [2.75, 3.05) is 13.1 Å². The summed E-state index contributed by atoms with van der Waals surface area (Å²) >= 11 is 0. The number of nitrogens with two attached hydrogens (primary N) is 1. The number of likely N-dealkylation sites (tertiary alicyclic amines) is 1. The molecule has 4 nitrogen and oxygen atoms in total. The molecule has 0 bridgehead atoms. The SMILES string of the molecule is Cc1ccccc1COc1cccc(CC(=O)N2CCC(N)C2)c1. The second-order valence-corrected chi connectivity index (χ2v) is 6.43. The van der Waals surface area contributed by atoms with Gasteiger partial charge in [-0.1, -0.05) is 36.4 Å². The normalized spacial score (nSPS) is 17.1. The van der Waals surface area contributed by atoms with Crippen LogP contribution < -0.4 is 10.5 Å². The third-order valence-corrected chi connectivity index (χ3v) is 4.49. The van der Waals surface area contributed by atoms with E-state index in [4.69, 9.17) is 10.5 Å². The van der Waals surface area contributed by atoms with Crippen molar-refractivity contribution in [2.24, 2.45) is 5.73 Å². The number of amides is 1. The van der Waals surface area contributed by atoms with E-state index in [1.54, 1.807) is 0 Å². The van der Waals surface area contributed by atoms with Crippen molar-refractivity contribution in [3.05, 3.63) is 65.2 Å². The molecule has 4 heteroatoms. The van der Waals surface area contributed by atoms with Gasteiger partial charge in [0.25, 0.3) is 0 Å². The first kappa shape index (κ1) is 16.5. The monoisotopic (exact) mass is 324 g/mol. The van der Waals surface area contributed by atoms with Crippen molar-refractivity contribution in [3.63, 3.8) is 0 Å². The van der Waals surface area contributed by atoms with Crippen LogP contribution in [0.25, 0.3) is 0 Å². The van der Waals surface area contributed by atoms with Gasteiger partial charge in [0.05, 0.1) is 6.42 Å². The lowest BCUT2D eigenvalue weighted by Gasteiger charge is -2.16. The molecule has 1 unspecified atom stereocenters. The number of aryl methyl sites for hydroxylation is 1. The van der Waals surface area contributed by atoms with Crippen LogP contribution in [0.15, 0.2) is 48.5 Å². The Morgan fingerprint density at radius 2 is 2.08 bits per heavy atom. The fraction of sp³-hybridized carbons (Fsp3) is 0.350. The Balaban J connectivity index is 1.60. The fourth-order valence-corrected chi connectivity index (χ4v) is 2.98. The van der Waals surface area contributed by atoms with Crippen LogP contribution in [0.1, 0.15) is 23.1 Å². The quantitative estimate of drug-likeness (QED) is 0.920. The van der Waals surface area contributed by atoms with Crippen LogP contribution in [-0.2, 0) is 17.8 Å². The molecule has 0 saturated carbocycles. The number of carbonyl (C=O) groups excluding carboxylic acids is 1. The molecule has 1 aliphatic rings. The summed E-state index contributed by atoms with van der Waals surface area (Å²) in [5, 5.41) is 0. The number of benzene rings is 2. The Bertz CT molecular complexity index is 714. The summed E-state index contributed by atoms with van der Waals surface area (Å²) in [6, 6.07) is 16.1. The molecule has 1 atom stereocenters. The summed E-state index contributed by atoms with van der Waals surface area (Å²) in [5.74, 6) is 0.931. The second-order valence-electron chi connectivity index (χ2n) is 6.43. The van der Waals surface area contributed by atoms with Crippen molar-refractivity contribution in [2.45, 2.75) is 32.4 Å². The molecule has 0 spiro atoms. The highest BCUT2D eigenvalue weighted by Crippen LogP contribution is 2.18. The zero-order chi connectivity index (χ0) is 16.9. The van der Waals surface area contributed by atoms with Crippen molar-refractivity contribution in [1.82, 2.24) is 4.90 Å². The Labute approximate surface area is 143 Å². The van der Waals surface area contributed by atoms with Crippen molar-refractivity contribution in [1.29, 1.82) is 0 Å². The summed E-state index contributed by atoms with van der Waals surface area (Å²) in [5.41, 5.74) is 9.24. The summed E-state index contributed by atoms with van der Waals surface area (Å²) in [6.45, 7) is 4.05. The van der Waals surface area contributed by atoms with Crippen LogP contribution >= 0.6 is 0 Å². The highest BCUT2D eigenvalue weighted by atomic mass is 16.5. The Morgan fingerprint density at radius 1 is 1.25 bits per heavy atom. The minimum atomic E-state index is 0.123. The first-order valence-corrected chi connectivity index (χ1v) is 8.41. The minimum absolute atomic E-state index is 0.123. The number of hydrogen-bond donors (Lipinski definition) is 1. The molecule has 1 fully saturated rings. The van der Waals surface area contributed by atoms with Gasteiger partial charge in [-0.05, 0) is 42.2 Å². The number of nitrogens with zero attached hydrogens (tertiary/aromatic N) is 1. The fourth-order valence-electron chi connectivity index (χ4n) is 2.98. The third kappa shape index (κ3) is 4.15. The smallest absolute Gasteiger partial charge is 0.227 e. The predicted molar refractivity (Wildman–Crippen MR) is 94.8 cm³/mol. The molecule has 2 aromatic rings. The van der Waals surface area contributed by atoms with E-state index in [9.17, 15) is 4.79 Å². The van der Waals surface area contributed by atoms with Crippen molar-refractivity contribution in [3.8, 4) is 5.75 Å². The van der Waals surface area contributed by atoms with Gasteiger partial charge < -0.3 is 15.4 Å². The number of carbonyl (C=O) groups is 1. The highest BCUT2D eigenvalue weighted by molar-refractivity contribution is 5.79. The van der Waals surface area contributed by atoms with Gasteiger partial charge in [0.1, 0.15) is 12.4 Å². The number of ether oxygens (including phenoxy) is 1. The first-order chi connectivity index (χ1) is 11.6. The van der Waals surface area contributed by atoms with Gasteiger partial charge in [-0.2, -0.15) is 0 Å². The maximum absolute atomic E-state index is 12.3. The van der Waals surface area contributed by atoms with Crippen LogP contribution in [0.2, 0.25) is 0 Å². The number of hydrogen-bond acceptors (Lipinski definition) is 3. The first-order valence-electron chi connectivity index (χ1n) is 8.41. The maximum atomic E-state index is 12.3. The van der Waals surface area contributed by atoms with E-state index in [1.165, 1.54) is 11.1 Å². The predicted octanol–water partition coefficient (Wildman–Crippen LogP) is 2.68. The molecule has 0 radical (unpaired) electrons. The largest absolute Gasteiger partial charge is 0.489 e. The molecule has 3 rings (SSSR count). The van der Waals surface area contributed by atoms with Crippen molar-refractivity contribution < 1.29 is 9.53 Å². The van der Waals surface area contributed by atoms with Crippen LogP contribution in [0.4, 0.5) is 0 Å². The zero-order valence-corrected chi connectivity index (χ0v) is 14.1. The Morgan fingerprint density at radius 3 is 2.83 bits per heavy atom. The zero-order valence-electron chi connectivity index (χ0n) is 14.1. The molecule has 126 valence electrons. The number of rotatable bonds is 5. The van der Waals surface area contributed by atoms with Gasteiger partial charge in [-0.25, -0.2) is 0 Å². The van der Waals surface area contributed by atoms with E-state index in [0.29, 0.717) is 19.6 Å². The maximum Gasteiger partial charge on any atom is 0.227 e. The molecule has 1 heterocycles. The van der Waals surface area contributed by atoms with E-state index in [1.807, 2.05) is 41.3 Å².